The van der Waals surface area contributed by atoms with E-state index in [2.05, 4.69) is 90.6 Å². The number of nitrogens with zero attached hydrogens (tertiary/aromatic N) is 4. The van der Waals surface area contributed by atoms with E-state index in [1.165, 1.54) is 12.1 Å². The molecule has 6 aromatic heterocycles. The molecule has 7 heterocycles. The van der Waals surface area contributed by atoms with Crippen LogP contribution in [-0.4, -0.2) is 58.2 Å². The summed E-state index contributed by atoms with van der Waals surface area (Å²) in [4.78, 5) is 52.6. The Kier molecular flexibility index (Phi) is 10.7. The molecule has 0 unspecified atom stereocenters. The van der Waals surface area contributed by atoms with Crippen molar-refractivity contribution in [2.24, 2.45) is 0 Å². The van der Waals surface area contributed by atoms with Crippen LogP contribution in [0.5, 0.6) is 0 Å². The van der Waals surface area contributed by atoms with Gasteiger partial charge in [-0.3, -0.25) is 9.59 Å². The molecule has 0 radical (unpaired) electrons. The van der Waals surface area contributed by atoms with Gasteiger partial charge in [-0.2, -0.15) is 0 Å². The van der Waals surface area contributed by atoms with Gasteiger partial charge in [0.2, 0.25) is 11.1 Å². The standard InChI is InChI=1S/C21H14N4O.C14H9BrN2O.C13H17BN2O2/c26-19-9-7-15-10-16(14-6-8-17-18(11-14)23-12-22-17)20(25-21(15)24-19)13-4-2-1-3-5-13;15-11-8-10-6-7-12(18)16-14(10)17-13(11)9-4-2-1-3-5-9;1-12(2)13(3,4)18-14(17-12)9-5-6-10-11(7-9)16-8-15-10/h1-12H,(H,22,23)(H,24,25,26);1-8H,(H,16,17,18);5-8H,1-4H3,(H,15,16). The Bertz CT molecular complexity index is 3330. The lowest BCUT2D eigenvalue weighted by atomic mass is 9.79. The zero-order valence-electron chi connectivity index (χ0n) is 34.2. The van der Waals surface area contributed by atoms with Gasteiger partial charge in [0.15, 0.2) is 0 Å². The molecule has 14 heteroatoms. The molecule has 1 fully saturated rings. The minimum Gasteiger partial charge on any atom is -0.399 e. The fourth-order valence-electron chi connectivity index (χ4n) is 7.15. The molecular weight excluding hydrogens is 843 g/mol. The lowest BCUT2D eigenvalue weighted by Gasteiger charge is -2.32. The Morgan fingerprint density at radius 1 is 0.548 bits per heavy atom. The number of hydrogen-bond donors (Lipinski definition) is 4. The van der Waals surface area contributed by atoms with E-state index in [-0.39, 0.29) is 29.4 Å². The Morgan fingerprint density at radius 3 is 1.66 bits per heavy atom. The van der Waals surface area contributed by atoms with Gasteiger partial charge < -0.3 is 29.2 Å². The number of benzene rings is 4. The van der Waals surface area contributed by atoms with Crippen LogP contribution in [0.15, 0.2) is 160 Å². The van der Waals surface area contributed by atoms with Crippen LogP contribution >= 0.6 is 15.9 Å². The molecule has 0 atom stereocenters. The summed E-state index contributed by atoms with van der Waals surface area (Å²) in [7, 11) is -0.317. The minimum atomic E-state index is -0.317. The van der Waals surface area contributed by atoms with Gasteiger partial charge in [0, 0.05) is 44.1 Å². The van der Waals surface area contributed by atoms with Crippen molar-refractivity contribution < 1.29 is 9.31 Å². The second-order valence-corrected chi connectivity index (χ2v) is 16.7. The molecule has 0 aliphatic carbocycles. The van der Waals surface area contributed by atoms with Crippen molar-refractivity contribution in [3.05, 3.63) is 171 Å². The Morgan fingerprint density at radius 2 is 1.06 bits per heavy atom. The largest absolute Gasteiger partial charge is 0.494 e. The van der Waals surface area contributed by atoms with Crippen LogP contribution in [0.1, 0.15) is 27.7 Å². The molecule has 1 saturated heterocycles. The maximum Gasteiger partial charge on any atom is 0.494 e. The van der Waals surface area contributed by atoms with Crippen molar-refractivity contribution >= 4 is 72.6 Å². The summed E-state index contributed by atoms with van der Waals surface area (Å²) in [5, 5.41) is 1.80. The first-order chi connectivity index (χ1) is 29.9. The van der Waals surface area contributed by atoms with E-state index < -0.39 is 0 Å². The quantitative estimate of drug-likeness (QED) is 0.127. The first kappa shape index (κ1) is 40.4. The van der Waals surface area contributed by atoms with Crippen molar-refractivity contribution in [2.75, 3.05) is 0 Å². The summed E-state index contributed by atoms with van der Waals surface area (Å²) in [6.45, 7) is 8.23. The predicted octanol–water partition coefficient (Wildman–Crippen LogP) is 9.35. The van der Waals surface area contributed by atoms with E-state index in [0.29, 0.717) is 11.3 Å². The number of nitrogens with one attached hydrogen (secondary N) is 4. The third-order valence-electron chi connectivity index (χ3n) is 11.2. The van der Waals surface area contributed by atoms with E-state index in [9.17, 15) is 9.59 Å². The summed E-state index contributed by atoms with van der Waals surface area (Å²) >= 11 is 3.52. The first-order valence-electron chi connectivity index (χ1n) is 20.0. The van der Waals surface area contributed by atoms with Gasteiger partial charge in [0.05, 0.1) is 57.3 Å². The zero-order valence-corrected chi connectivity index (χ0v) is 35.8. The molecule has 1 aliphatic heterocycles. The van der Waals surface area contributed by atoms with Gasteiger partial charge >= 0.3 is 7.12 Å². The Balaban J connectivity index is 0.000000122. The summed E-state index contributed by atoms with van der Waals surface area (Å²) in [6.07, 6.45) is 3.38. The molecule has 306 valence electrons. The third kappa shape index (κ3) is 8.23. The first-order valence-corrected chi connectivity index (χ1v) is 20.8. The highest BCUT2D eigenvalue weighted by Crippen LogP contribution is 2.37. The maximum absolute atomic E-state index is 11.7. The van der Waals surface area contributed by atoms with Gasteiger partial charge in [-0.25, -0.2) is 19.9 Å². The van der Waals surface area contributed by atoms with Gasteiger partial charge in [-0.1, -0.05) is 72.8 Å². The van der Waals surface area contributed by atoms with Gasteiger partial charge in [0.25, 0.3) is 0 Å². The van der Waals surface area contributed by atoms with Crippen LogP contribution in [0.2, 0.25) is 0 Å². The molecule has 4 N–H and O–H groups in total. The van der Waals surface area contributed by atoms with Crippen molar-refractivity contribution in [3.63, 3.8) is 0 Å². The molecule has 0 bridgehead atoms. The molecular formula is C48H40BBrN8O4. The lowest BCUT2D eigenvalue weighted by molar-refractivity contribution is 0.00578. The average molecular weight is 884 g/mol. The summed E-state index contributed by atoms with van der Waals surface area (Å²) in [5.41, 5.74) is 10.9. The normalized spacial score (nSPS) is 14.1. The van der Waals surface area contributed by atoms with E-state index in [0.717, 1.165) is 76.4 Å². The van der Waals surface area contributed by atoms with Crippen molar-refractivity contribution in [3.8, 4) is 33.6 Å². The third-order valence-corrected chi connectivity index (χ3v) is 11.8. The number of fused-ring (bicyclic) bond motifs is 4. The minimum absolute atomic E-state index is 0.142. The SMILES string of the molecule is CC1(C)OB(c2ccc3nc[nH]c3c2)OC1(C)C.O=c1ccc2cc(-c3ccc4nc[nH]c4c3)c(-c3ccccc3)nc2[nH]1.O=c1ccc2cc(Br)c(-c3ccccc3)nc2[nH]1. The highest BCUT2D eigenvalue weighted by Gasteiger charge is 2.51. The molecule has 62 heavy (non-hydrogen) atoms. The van der Waals surface area contributed by atoms with Crippen LogP contribution in [0.4, 0.5) is 0 Å². The van der Waals surface area contributed by atoms with Gasteiger partial charge in [0.1, 0.15) is 11.3 Å². The van der Waals surface area contributed by atoms with Crippen LogP contribution in [-0.2, 0) is 9.31 Å². The summed E-state index contributed by atoms with van der Waals surface area (Å²) in [5.74, 6) is 0. The van der Waals surface area contributed by atoms with Crippen LogP contribution < -0.4 is 16.6 Å². The van der Waals surface area contributed by atoms with Gasteiger partial charge in [-0.05, 0) is 103 Å². The van der Waals surface area contributed by atoms with Crippen molar-refractivity contribution in [1.29, 1.82) is 0 Å². The summed E-state index contributed by atoms with van der Waals surface area (Å²) < 4.78 is 12.9. The fraction of sp³-hybridized carbons (Fsp3) is 0.125. The number of rotatable bonds is 4. The number of H-pyrrole nitrogens is 4. The number of hydrogen-bond acceptors (Lipinski definition) is 8. The van der Waals surface area contributed by atoms with Gasteiger partial charge in [-0.15, -0.1) is 0 Å². The highest BCUT2D eigenvalue weighted by molar-refractivity contribution is 9.10. The second-order valence-electron chi connectivity index (χ2n) is 15.9. The number of aromatic nitrogens is 8. The van der Waals surface area contributed by atoms with E-state index in [1.807, 2.05) is 97.1 Å². The monoisotopic (exact) mass is 882 g/mol. The highest BCUT2D eigenvalue weighted by atomic mass is 79.9. The Labute approximate surface area is 364 Å². The molecule has 0 saturated carbocycles. The molecule has 0 spiro atoms. The molecule has 1 aliphatic rings. The summed E-state index contributed by atoms with van der Waals surface area (Å²) in [6, 6.07) is 42.6. The number of imidazole rings is 2. The second kappa shape index (κ2) is 16.5. The van der Waals surface area contributed by atoms with Crippen molar-refractivity contribution in [2.45, 2.75) is 38.9 Å². The average Bonchev–Trinajstić information content (AvgIpc) is 4.01. The van der Waals surface area contributed by atoms with E-state index in [1.54, 1.807) is 24.8 Å². The number of halogens is 1. The molecule has 12 nitrogen and oxygen atoms in total. The van der Waals surface area contributed by atoms with Crippen LogP contribution in [0.25, 0.3) is 77.8 Å². The molecule has 4 aromatic carbocycles. The van der Waals surface area contributed by atoms with Crippen LogP contribution in [0.3, 0.4) is 0 Å². The topological polar surface area (TPSA) is 167 Å². The van der Waals surface area contributed by atoms with Crippen molar-refractivity contribution in [1.82, 2.24) is 39.9 Å². The van der Waals surface area contributed by atoms with E-state index >= 15 is 0 Å². The molecule has 10 aromatic rings. The maximum atomic E-state index is 11.7. The van der Waals surface area contributed by atoms with Crippen LogP contribution in [0, 0.1) is 0 Å². The number of pyridine rings is 4. The molecule has 0 amide bonds. The molecule has 11 rings (SSSR count). The Hall–Kier alpha value is -7.00. The lowest BCUT2D eigenvalue weighted by Crippen LogP contribution is -2.41. The van der Waals surface area contributed by atoms with E-state index in [4.69, 9.17) is 14.3 Å². The zero-order chi connectivity index (χ0) is 43.0. The number of aromatic amines is 4. The predicted molar refractivity (Wildman–Crippen MR) is 250 cm³/mol. The smallest absolute Gasteiger partial charge is 0.399 e. The fourth-order valence-corrected chi connectivity index (χ4v) is 7.71.